The van der Waals surface area contributed by atoms with Gasteiger partial charge in [-0.3, -0.25) is 4.40 Å². The molecule has 0 atom stereocenters. The van der Waals surface area contributed by atoms with Gasteiger partial charge < -0.3 is 10.5 Å². The monoisotopic (exact) mass is 316 g/mol. The molecular weight excluding hydrogens is 300 g/mol. The Kier molecular flexibility index (Phi) is 3.59. The maximum atomic E-state index is 6.04. The highest BCUT2D eigenvalue weighted by Gasteiger charge is 2.07. The van der Waals surface area contributed by atoms with Crippen molar-refractivity contribution in [1.82, 2.24) is 14.4 Å². The average molecular weight is 316 g/mol. The van der Waals surface area contributed by atoms with Crippen molar-refractivity contribution in [3.8, 4) is 16.9 Å². The molecule has 0 unspecified atom stereocenters. The van der Waals surface area contributed by atoms with Crippen molar-refractivity contribution in [1.29, 1.82) is 0 Å². The summed E-state index contributed by atoms with van der Waals surface area (Å²) in [6, 6.07) is 17.4. The Morgan fingerprint density at radius 2 is 1.75 bits per heavy atom. The van der Waals surface area contributed by atoms with E-state index in [4.69, 9.17) is 10.5 Å². The summed E-state index contributed by atoms with van der Waals surface area (Å²) in [5, 5.41) is 0. The fourth-order valence-electron chi connectivity index (χ4n) is 2.58. The quantitative estimate of drug-likeness (QED) is 0.585. The molecule has 2 N–H and O–H groups in total. The molecule has 0 amide bonds. The highest BCUT2D eigenvalue weighted by atomic mass is 16.5. The number of nitrogens with two attached hydrogens (primary N) is 1. The molecule has 0 spiro atoms. The summed E-state index contributed by atoms with van der Waals surface area (Å²) in [5.74, 6) is 1.46. The van der Waals surface area contributed by atoms with E-state index in [0.717, 1.165) is 28.3 Å². The summed E-state index contributed by atoms with van der Waals surface area (Å²) in [5.41, 5.74) is 9.51. The van der Waals surface area contributed by atoms with Gasteiger partial charge in [-0.15, -0.1) is 0 Å². The lowest BCUT2D eigenvalue weighted by atomic mass is 10.1. The summed E-state index contributed by atoms with van der Waals surface area (Å²) < 4.78 is 7.63. The van der Waals surface area contributed by atoms with Crippen LogP contribution in [0.3, 0.4) is 0 Å². The van der Waals surface area contributed by atoms with Gasteiger partial charge in [-0.1, -0.05) is 36.4 Å². The van der Waals surface area contributed by atoms with E-state index in [2.05, 4.69) is 9.97 Å². The first-order valence-corrected chi connectivity index (χ1v) is 7.66. The predicted molar refractivity (Wildman–Crippen MR) is 93.6 cm³/mol. The van der Waals surface area contributed by atoms with Gasteiger partial charge in [0, 0.05) is 35.4 Å². The van der Waals surface area contributed by atoms with E-state index >= 15 is 0 Å². The number of nitrogen functional groups attached to an aromatic ring is 1. The predicted octanol–water partition coefficient (Wildman–Crippen LogP) is 3.56. The Balaban J connectivity index is 1.61. The van der Waals surface area contributed by atoms with E-state index in [1.54, 1.807) is 6.20 Å². The van der Waals surface area contributed by atoms with Crippen LogP contribution < -0.4 is 10.5 Å². The van der Waals surface area contributed by atoms with E-state index in [9.17, 15) is 0 Å². The van der Waals surface area contributed by atoms with Crippen LogP contribution in [0.5, 0.6) is 5.75 Å². The van der Waals surface area contributed by atoms with Gasteiger partial charge in [-0.25, -0.2) is 9.97 Å². The summed E-state index contributed by atoms with van der Waals surface area (Å²) >= 11 is 0. The second kappa shape index (κ2) is 6.04. The van der Waals surface area contributed by atoms with Gasteiger partial charge in [0.05, 0.1) is 5.69 Å². The molecule has 0 bridgehead atoms. The van der Waals surface area contributed by atoms with Crippen molar-refractivity contribution in [2.24, 2.45) is 0 Å². The first kappa shape index (κ1) is 14.3. The number of hydrogen-bond acceptors (Lipinski definition) is 4. The van der Waals surface area contributed by atoms with E-state index in [1.807, 2.05) is 71.4 Å². The van der Waals surface area contributed by atoms with Gasteiger partial charge in [-0.2, -0.15) is 0 Å². The maximum absolute atomic E-state index is 6.04. The van der Waals surface area contributed by atoms with E-state index in [1.165, 1.54) is 0 Å². The molecule has 0 fully saturated rings. The van der Waals surface area contributed by atoms with Crippen molar-refractivity contribution in [2.45, 2.75) is 6.61 Å². The van der Waals surface area contributed by atoms with Crippen LogP contribution in [-0.2, 0) is 6.61 Å². The smallest absolute Gasteiger partial charge is 0.234 e. The highest BCUT2D eigenvalue weighted by Crippen LogP contribution is 2.24. The van der Waals surface area contributed by atoms with Gasteiger partial charge in [0.25, 0.3) is 0 Å². The van der Waals surface area contributed by atoms with Crippen LogP contribution in [0.25, 0.3) is 16.9 Å². The Hall–Kier alpha value is -3.34. The van der Waals surface area contributed by atoms with Gasteiger partial charge in [0.2, 0.25) is 5.78 Å². The first-order valence-electron chi connectivity index (χ1n) is 7.66. The molecule has 2 aromatic heterocycles. The standard InChI is InChI=1S/C19H16N4O/c20-18-9-5-4-8-17(18)14-10-21-19-22-15(12-23(19)11-14)13-24-16-6-2-1-3-7-16/h1-12H,13,20H2. The molecule has 0 radical (unpaired) electrons. The normalized spacial score (nSPS) is 10.8. The molecule has 24 heavy (non-hydrogen) atoms. The van der Waals surface area contributed by atoms with Crippen LogP contribution in [0.2, 0.25) is 0 Å². The van der Waals surface area contributed by atoms with Crippen molar-refractivity contribution in [3.05, 3.63) is 78.9 Å². The maximum Gasteiger partial charge on any atom is 0.234 e. The number of fused-ring (bicyclic) bond motifs is 1. The van der Waals surface area contributed by atoms with Crippen molar-refractivity contribution in [2.75, 3.05) is 5.73 Å². The second-order valence-electron chi connectivity index (χ2n) is 5.47. The number of rotatable bonds is 4. The molecule has 118 valence electrons. The molecular formula is C19H16N4O. The third-order valence-electron chi connectivity index (χ3n) is 3.76. The number of aromatic nitrogens is 3. The molecule has 2 aromatic carbocycles. The molecule has 4 rings (SSSR count). The zero-order valence-electron chi connectivity index (χ0n) is 13.0. The summed E-state index contributed by atoms with van der Waals surface area (Å²) in [6.07, 6.45) is 5.69. The van der Waals surface area contributed by atoms with Gasteiger partial charge >= 0.3 is 0 Å². The third-order valence-corrected chi connectivity index (χ3v) is 3.76. The van der Waals surface area contributed by atoms with E-state index < -0.39 is 0 Å². The largest absolute Gasteiger partial charge is 0.487 e. The number of ether oxygens (including phenoxy) is 1. The zero-order valence-corrected chi connectivity index (χ0v) is 13.0. The van der Waals surface area contributed by atoms with E-state index in [-0.39, 0.29) is 0 Å². The number of anilines is 1. The highest BCUT2D eigenvalue weighted by molar-refractivity contribution is 5.75. The molecule has 5 heteroatoms. The number of imidazole rings is 1. The SMILES string of the molecule is Nc1ccccc1-c1cnc2nc(COc3ccccc3)cn2c1. The van der Waals surface area contributed by atoms with Crippen molar-refractivity contribution < 1.29 is 4.74 Å². The topological polar surface area (TPSA) is 65.4 Å². The molecule has 0 aliphatic heterocycles. The average Bonchev–Trinajstić information content (AvgIpc) is 3.03. The van der Waals surface area contributed by atoms with E-state index in [0.29, 0.717) is 12.4 Å². The summed E-state index contributed by atoms with van der Waals surface area (Å²) in [4.78, 5) is 8.90. The molecule has 2 heterocycles. The van der Waals surface area contributed by atoms with Crippen LogP contribution in [0.4, 0.5) is 5.69 Å². The molecule has 4 aromatic rings. The number of para-hydroxylation sites is 2. The van der Waals surface area contributed by atoms with Crippen LogP contribution in [0, 0.1) is 0 Å². The fraction of sp³-hybridized carbons (Fsp3) is 0.0526. The number of nitrogens with zero attached hydrogens (tertiary/aromatic N) is 3. The van der Waals surface area contributed by atoms with Crippen LogP contribution in [-0.4, -0.2) is 14.4 Å². The summed E-state index contributed by atoms with van der Waals surface area (Å²) in [6.45, 7) is 0.399. The van der Waals surface area contributed by atoms with Gasteiger partial charge in [-0.05, 0) is 18.2 Å². The lowest BCUT2D eigenvalue weighted by Crippen LogP contribution is -1.94. The minimum atomic E-state index is 0.399. The molecule has 0 saturated carbocycles. The van der Waals surface area contributed by atoms with Crippen molar-refractivity contribution in [3.63, 3.8) is 0 Å². The number of hydrogen-bond donors (Lipinski definition) is 1. The Morgan fingerprint density at radius 1 is 0.958 bits per heavy atom. The molecule has 0 saturated heterocycles. The molecule has 0 aliphatic rings. The molecule has 0 aliphatic carbocycles. The molecule has 5 nitrogen and oxygen atoms in total. The second-order valence-corrected chi connectivity index (χ2v) is 5.47. The Labute approximate surface area is 139 Å². The van der Waals surface area contributed by atoms with Gasteiger partial charge in [0.1, 0.15) is 12.4 Å². The minimum Gasteiger partial charge on any atom is -0.487 e. The van der Waals surface area contributed by atoms with Gasteiger partial charge in [0.15, 0.2) is 0 Å². The van der Waals surface area contributed by atoms with Crippen LogP contribution >= 0.6 is 0 Å². The Bertz CT molecular complexity index is 979. The minimum absolute atomic E-state index is 0.399. The first-order chi connectivity index (χ1) is 11.8. The lowest BCUT2D eigenvalue weighted by Gasteiger charge is -2.05. The zero-order chi connectivity index (χ0) is 16.4. The third kappa shape index (κ3) is 2.79. The number of benzene rings is 2. The van der Waals surface area contributed by atoms with Crippen molar-refractivity contribution >= 4 is 11.5 Å². The summed E-state index contributed by atoms with van der Waals surface area (Å²) in [7, 11) is 0. The fourth-order valence-corrected chi connectivity index (χ4v) is 2.58. The lowest BCUT2D eigenvalue weighted by molar-refractivity contribution is 0.302. The van der Waals surface area contributed by atoms with Crippen LogP contribution in [0.15, 0.2) is 73.2 Å². The van der Waals surface area contributed by atoms with Crippen LogP contribution in [0.1, 0.15) is 5.69 Å². The Morgan fingerprint density at radius 3 is 2.58 bits per heavy atom.